The molecule has 0 rings (SSSR count). The van der Waals surface area contributed by atoms with Gasteiger partial charge in [-0.25, -0.2) is 0 Å². The highest BCUT2D eigenvalue weighted by atomic mass is 16.3. The van der Waals surface area contributed by atoms with Crippen molar-refractivity contribution in [3.05, 3.63) is 11.6 Å². The summed E-state index contributed by atoms with van der Waals surface area (Å²) in [7, 11) is 0. The summed E-state index contributed by atoms with van der Waals surface area (Å²) in [6, 6.07) is 0. The van der Waals surface area contributed by atoms with Crippen LogP contribution < -0.4 is 0 Å². The monoisotopic (exact) mass is 156 g/mol. The van der Waals surface area contributed by atoms with Crippen molar-refractivity contribution < 1.29 is 5.11 Å². The fourth-order valence-electron chi connectivity index (χ4n) is 1.15. The maximum Gasteiger partial charge on any atom is 0.0770 e. The van der Waals surface area contributed by atoms with E-state index in [2.05, 4.69) is 19.9 Å². The van der Waals surface area contributed by atoms with Gasteiger partial charge in [0.15, 0.2) is 0 Å². The molecule has 11 heavy (non-hydrogen) atoms. The molecule has 0 aromatic heterocycles. The van der Waals surface area contributed by atoms with E-state index >= 15 is 0 Å². The third kappa shape index (κ3) is 4.20. The molecule has 0 fully saturated rings. The maximum atomic E-state index is 9.58. The summed E-state index contributed by atoms with van der Waals surface area (Å²) in [4.78, 5) is 0. The van der Waals surface area contributed by atoms with Gasteiger partial charge in [0.05, 0.1) is 6.10 Å². The van der Waals surface area contributed by atoms with Crippen molar-refractivity contribution in [2.45, 2.75) is 40.7 Å². The number of aliphatic hydroxyl groups is 1. The third-order valence-corrected chi connectivity index (χ3v) is 1.69. The highest BCUT2D eigenvalue weighted by molar-refractivity contribution is 5.06. The summed E-state index contributed by atoms with van der Waals surface area (Å²) in [5.41, 5.74) is 1.09. The minimum atomic E-state index is -0.266. The Morgan fingerprint density at radius 1 is 1.18 bits per heavy atom. The minimum Gasteiger partial charge on any atom is -0.389 e. The highest BCUT2D eigenvalue weighted by Crippen LogP contribution is 2.13. The lowest BCUT2D eigenvalue weighted by Crippen LogP contribution is -2.16. The van der Waals surface area contributed by atoms with Crippen molar-refractivity contribution in [3.8, 4) is 0 Å². The lowest BCUT2D eigenvalue weighted by molar-refractivity contribution is 0.159. The average Bonchev–Trinajstić information content (AvgIpc) is 1.84. The number of allylic oxidation sites excluding steroid dienone is 1. The molecule has 0 spiro atoms. The van der Waals surface area contributed by atoms with E-state index in [4.69, 9.17) is 0 Å². The number of hydrogen-bond acceptors (Lipinski definition) is 1. The normalized spacial score (nSPS) is 16.2. The Bertz CT molecular complexity index is 134. The molecular formula is C10H20O. The molecule has 0 aromatic rings. The van der Waals surface area contributed by atoms with Crippen LogP contribution in [0, 0.1) is 11.8 Å². The number of hydrogen-bond donors (Lipinski definition) is 1. The van der Waals surface area contributed by atoms with Gasteiger partial charge in [0.2, 0.25) is 0 Å². The molecule has 0 aliphatic rings. The fraction of sp³-hybridized carbons (Fsp3) is 0.800. The van der Waals surface area contributed by atoms with E-state index in [9.17, 15) is 5.11 Å². The van der Waals surface area contributed by atoms with Gasteiger partial charge in [-0.2, -0.15) is 0 Å². The predicted molar refractivity (Wildman–Crippen MR) is 49.4 cm³/mol. The molecule has 0 radical (unpaired) electrons. The molecule has 0 amide bonds. The van der Waals surface area contributed by atoms with Gasteiger partial charge < -0.3 is 5.11 Å². The Morgan fingerprint density at radius 3 is 1.91 bits per heavy atom. The summed E-state index contributed by atoms with van der Waals surface area (Å²) < 4.78 is 0. The van der Waals surface area contributed by atoms with Crippen LogP contribution in [0.4, 0.5) is 0 Å². The van der Waals surface area contributed by atoms with Crippen LogP contribution in [0.3, 0.4) is 0 Å². The van der Waals surface area contributed by atoms with Gasteiger partial charge >= 0.3 is 0 Å². The van der Waals surface area contributed by atoms with E-state index in [1.807, 2.05) is 20.8 Å². The first-order chi connectivity index (χ1) is 4.95. The van der Waals surface area contributed by atoms with Crippen LogP contribution in [0.15, 0.2) is 11.6 Å². The van der Waals surface area contributed by atoms with E-state index in [0.29, 0.717) is 11.8 Å². The van der Waals surface area contributed by atoms with Crippen molar-refractivity contribution in [2.24, 2.45) is 11.8 Å². The van der Waals surface area contributed by atoms with Gasteiger partial charge in [-0.3, -0.25) is 0 Å². The standard InChI is InChI=1S/C10H20O/c1-7(2)6-9(5)10(11)8(3)4/h6-8,10-11H,1-5H3/b9-6-. The molecule has 0 aliphatic carbocycles. The lowest BCUT2D eigenvalue weighted by Gasteiger charge is -2.15. The van der Waals surface area contributed by atoms with Gasteiger partial charge in [0.25, 0.3) is 0 Å². The highest BCUT2D eigenvalue weighted by Gasteiger charge is 2.10. The van der Waals surface area contributed by atoms with Crippen LogP contribution in [-0.2, 0) is 0 Å². The molecule has 1 atom stereocenters. The van der Waals surface area contributed by atoms with Crippen LogP contribution in [0.1, 0.15) is 34.6 Å². The van der Waals surface area contributed by atoms with Crippen LogP contribution in [0.2, 0.25) is 0 Å². The molecule has 0 bridgehead atoms. The lowest BCUT2D eigenvalue weighted by atomic mass is 9.98. The molecule has 0 saturated heterocycles. The van der Waals surface area contributed by atoms with Crippen molar-refractivity contribution in [2.75, 3.05) is 0 Å². The van der Waals surface area contributed by atoms with E-state index < -0.39 is 0 Å². The smallest absolute Gasteiger partial charge is 0.0770 e. The second kappa shape index (κ2) is 4.55. The fourth-order valence-corrected chi connectivity index (χ4v) is 1.15. The Hall–Kier alpha value is -0.300. The zero-order chi connectivity index (χ0) is 9.02. The first-order valence-electron chi connectivity index (χ1n) is 4.31. The second-order valence-electron chi connectivity index (χ2n) is 3.84. The molecule has 0 aliphatic heterocycles. The topological polar surface area (TPSA) is 20.2 Å². The molecule has 66 valence electrons. The Kier molecular flexibility index (Phi) is 4.43. The second-order valence-corrected chi connectivity index (χ2v) is 3.84. The molecule has 1 heteroatoms. The SMILES string of the molecule is C/C(=C/C(C)C)C(O)C(C)C. The number of rotatable bonds is 3. The first kappa shape index (κ1) is 10.7. The van der Waals surface area contributed by atoms with Gasteiger partial charge in [0.1, 0.15) is 0 Å². The zero-order valence-electron chi connectivity index (χ0n) is 8.26. The van der Waals surface area contributed by atoms with E-state index in [1.54, 1.807) is 0 Å². The number of aliphatic hydroxyl groups excluding tert-OH is 1. The van der Waals surface area contributed by atoms with Crippen molar-refractivity contribution in [1.82, 2.24) is 0 Å². The molecule has 0 aromatic carbocycles. The zero-order valence-corrected chi connectivity index (χ0v) is 8.26. The van der Waals surface area contributed by atoms with Crippen LogP contribution in [-0.4, -0.2) is 11.2 Å². The summed E-state index contributed by atoms with van der Waals surface area (Å²) in [5.74, 6) is 0.855. The Morgan fingerprint density at radius 2 is 1.64 bits per heavy atom. The molecule has 1 N–H and O–H groups in total. The van der Waals surface area contributed by atoms with Crippen LogP contribution in [0.5, 0.6) is 0 Å². The Balaban J connectivity index is 4.11. The summed E-state index contributed by atoms with van der Waals surface area (Å²) >= 11 is 0. The third-order valence-electron chi connectivity index (χ3n) is 1.69. The summed E-state index contributed by atoms with van der Waals surface area (Å²) in [5, 5.41) is 9.58. The van der Waals surface area contributed by atoms with E-state index in [1.165, 1.54) is 0 Å². The van der Waals surface area contributed by atoms with Crippen molar-refractivity contribution in [3.63, 3.8) is 0 Å². The minimum absolute atomic E-state index is 0.266. The van der Waals surface area contributed by atoms with Gasteiger partial charge in [-0.05, 0) is 24.3 Å². The Labute approximate surface area is 70.1 Å². The van der Waals surface area contributed by atoms with Gasteiger partial charge in [-0.1, -0.05) is 33.8 Å². The quantitative estimate of drug-likeness (QED) is 0.623. The molecule has 0 saturated carbocycles. The van der Waals surface area contributed by atoms with E-state index in [0.717, 1.165) is 5.57 Å². The summed E-state index contributed by atoms with van der Waals surface area (Å²) in [6.07, 6.45) is 1.85. The molecule has 1 unspecified atom stereocenters. The van der Waals surface area contributed by atoms with Gasteiger partial charge in [0, 0.05) is 0 Å². The maximum absolute atomic E-state index is 9.58. The molecular weight excluding hydrogens is 136 g/mol. The summed E-state index contributed by atoms with van der Waals surface area (Å²) in [6.45, 7) is 10.3. The predicted octanol–water partition coefficient (Wildman–Crippen LogP) is 2.61. The average molecular weight is 156 g/mol. The van der Waals surface area contributed by atoms with Crippen LogP contribution in [0.25, 0.3) is 0 Å². The van der Waals surface area contributed by atoms with Crippen LogP contribution >= 0.6 is 0 Å². The molecule has 0 heterocycles. The first-order valence-corrected chi connectivity index (χ1v) is 4.31. The van der Waals surface area contributed by atoms with Gasteiger partial charge in [-0.15, -0.1) is 0 Å². The van der Waals surface area contributed by atoms with Crippen molar-refractivity contribution >= 4 is 0 Å². The largest absolute Gasteiger partial charge is 0.389 e. The van der Waals surface area contributed by atoms with Crippen molar-refractivity contribution in [1.29, 1.82) is 0 Å². The van der Waals surface area contributed by atoms with E-state index in [-0.39, 0.29) is 6.10 Å². The molecule has 1 nitrogen and oxygen atoms in total.